The molecule has 1 saturated carbocycles. The molecule has 5 nitrogen and oxygen atoms in total. The van der Waals surface area contributed by atoms with Crippen molar-refractivity contribution < 1.29 is 14.6 Å². The molecular weight excluding hydrogens is 244 g/mol. The Morgan fingerprint density at radius 2 is 2.00 bits per heavy atom. The van der Waals surface area contributed by atoms with Gasteiger partial charge in [0.2, 0.25) is 0 Å². The maximum absolute atomic E-state index is 9.99. The molecular formula is C14H28N2O3. The molecule has 2 aliphatic rings. The number of nitrogens with zero attached hydrogens (tertiary/aromatic N) is 1. The van der Waals surface area contributed by atoms with E-state index in [0.717, 1.165) is 26.0 Å². The smallest absolute Gasteiger partial charge is 0.158 e. The summed E-state index contributed by atoms with van der Waals surface area (Å²) in [4.78, 5) is 0. The number of hydrazine groups is 1. The fourth-order valence-electron chi connectivity index (χ4n) is 3.42. The van der Waals surface area contributed by atoms with Crippen LogP contribution >= 0.6 is 0 Å². The predicted octanol–water partition coefficient (Wildman–Crippen LogP) is 1.13. The number of hydrogen-bond acceptors (Lipinski definition) is 5. The largest absolute Gasteiger partial charge is 0.383 e. The highest BCUT2D eigenvalue weighted by Gasteiger charge is 2.34. The Morgan fingerprint density at radius 3 is 2.74 bits per heavy atom. The van der Waals surface area contributed by atoms with Gasteiger partial charge in [-0.25, -0.2) is 5.01 Å². The zero-order valence-electron chi connectivity index (χ0n) is 12.2. The molecule has 0 aromatic carbocycles. The summed E-state index contributed by atoms with van der Waals surface area (Å²) in [5.74, 6) is 0.197. The van der Waals surface area contributed by atoms with Crippen LogP contribution in [-0.2, 0) is 9.47 Å². The topological polar surface area (TPSA) is 54.0 Å². The molecule has 0 aromatic heterocycles. The first-order valence-corrected chi connectivity index (χ1v) is 7.49. The summed E-state index contributed by atoms with van der Waals surface area (Å²) in [6.07, 6.45) is 6.31. The van der Waals surface area contributed by atoms with Gasteiger partial charge in [-0.3, -0.25) is 5.43 Å². The minimum Gasteiger partial charge on any atom is -0.383 e. The van der Waals surface area contributed by atoms with Gasteiger partial charge in [0.05, 0.1) is 6.61 Å². The molecule has 1 aliphatic carbocycles. The number of nitrogens with one attached hydrogen (secondary N) is 1. The summed E-state index contributed by atoms with van der Waals surface area (Å²) in [6.45, 7) is 1.84. The van der Waals surface area contributed by atoms with E-state index >= 15 is 0 Å². The van der Waals surface area contributed by atoms with Gasteiger partial charge in [0.25, 0.3) is 0 Å². The summed E-state index contributed by atoms with van der Waals surface area (Å²) in [6, 6.07) is 0.786. The van der Waals surface area contributed by atoms with E-state index in [9.17, 15) is 5.11 Å². The summed E-state index contributed by atoms with van der Waals surface area (Å²) in [5, 5.41) is 12.3. The minimum absolute atomic E-state index is 0.197. The zero-order valence-corrected chi connectivity index (χ0v) is 12.2. The third-order valence-electron chi connectivity index (χ3n) is 4.50. The van der Waals surface area contributed by atoms with Gasteiger partial charge in [0, 0.05) is 38.8 Å². The molecule has 0 bridgehead atoms. The fourth-order valence-corrected chi connectivity index (χ4v) is 3.42. The van der Waals surface area contributed by atoms with Crippen LogP contribution in [0.4, 0.5) is 0 Å². The second-order valence-corrected chi connectivity index (χ2v) is 5.75. The van der Waals surface area contributed by atoms with Crippen LogP contribution in [0.3, 0.4) is 0 Å². The standard InChI is InChI=1S/C14H28N2O3/c1-18-10-11-6-5-9-16(11)15-13-8-4-3-7-12(13)14(17)19-2/h11-15,17H,3-10H2,1-2H3/t11-,12-,13-,14?/m0/s1. The molecule has 19 heavy (non-hydrogen) atoms. The van der Waals surface area contributed by atoms with Crippen LogP contribution in [0, 0.1) is 5.92 Å². The molecule has 1 saturated heterocycles. The van der Waals surface area contributed by atoms with Crippen molar-refractivity contribution in [3.63, 3.8) is 0 Å². The van der Waals surface area contributed by atoms with Crippen molar-refractivity contribution in [3.05, 3.63) is 0 Å². The van der Waals surface area contributed by atoms with Crippen LogP contribution in [0.2, 0.25) is 0 Å². The summed E-state index contributed by atoms with van der Waals surface area (Å²) in [7, 11) is 3.34. The van der Waals surface area contributed by atoms with Gasteiger partial charge in [-0.2, -0.15) is 0 Å². The summed E-state index contributed by atoms with van der Waals surface area (Å²) >= 11 is 0. The Hall–Kier alpha value is -0.200. The van der Waals surface area contributed by atoms with E-state index in [4.69, 9.17) is 9.47 Å². The molecule has 112 valence electrons. The molecule has 2 N–H and O–H groups in total. The van der Waals surface area contributed by atoms with Crippen LogP contribution in [0.15, 0.2) is 0 Å². The normalized spacial score (nSPS) is 34.6. The second-order valence-electron chi connectivity index (χ2n) is 5.75. The Bertz CT molecular complexity index is 265. The lowest BCUT2D eigenvalue weighted by Crippen LogP contribution is -2.54. The van der Waals surface area contributed by atoms with Gasteiger partial charge in [-0.15, -0.1) is 0 Å². The minimum atomic E-state index is -0.652. The van der Waals surface area contributed by atoms with Crippen LogP contribution < -0.4 is 5.43 Å². The highest BCUT2D eigenvalue weighted by atomic mass is 16.6. The number of aliphatic hydroxyl groups is 1. The van der Waals surface area contributed by atoms with Gasteiger partial charge in [-0.05, 0) is 25.7 Å². The quantitative estimate of drug-likeness (QED) is 0.710. The first kappa shape index (κ1) is 15.2. The molecule has 2 rings (SSSR count). The van der Waals surface area contributed by atoms with E-state index in [-0.39, 0.29) is 5.92 Å². The van der Waals surface area contributed by atoms with E-state index < -0.39 is 6.29 Å². The Balaban J connectivity index is 1.91. The monoisotopic (exact) mass is 272 g/mol. The Kier molecular flexibility index (Phi) is 6.04. The molecule has 2 fully saturated rings. The number of hydrogen-bond donors (Lipinski definition) is 2. The third-order valence-corrected chi connectivity index (χ3v) is 4.50. The van der Waals surface area contributed by atoms with Crippen molar-refractivity contribution in [2.45, 2.75) is 56.9 Å². The maximum Gasteiger partial charge on any atom is 0.158 e. The zero-order chi connectivity index (χ0) is 13.7. The Morgan fingerprint density at radius 1 is 1.21 bits per heavy atom. The molecule has 1 aliphatic heterocycles. The molecule has 0 amide bonds. The number of rotatable bonds is 6. The van der Waals surface area contributed by atoms with Crippen molar-refractivity contribution >= 4 is 0 Å². The summed E-state index contributed by atoms with van der Waals surface area (Å²) < 4.78 is 10.4. The van der Waals surface area contributed by atoms with E-state index in [2.05, 4.69) is 10.4 Å². The van der Waals surface area contributed by atoms with Crippen molar-refractivity contribution in [2.75, 3.05) is 27.4 Å². The van der Waals surface area contributed by atoms with Gasteiger partial charge in [0.1, 0.15) is 0 Å². The van der Waals surface area contributed by atoms with Gasteiger partial charge >= 0.3 is 0 Å². The van der Waals surface area contributed by atoms with Crippen LogP contribution in [0.25, 0.3) is 0 Å². The van der Waals surface area contributed by atoms with Crippen molar-refractivity contribution in [1.29, 1.82) is 0 Å². The average Bonchev–Trinajstić information content (AvgIpc) is 2.86. The van der Waals surface area contributed by atoms with Crippen LogP contribution in [0.5, 0.6) is 0 Å². The van der Waals surface area contributed by atoms with E-state index in [1.807, 2.05) is 0 Å². The van der Waals surface area contributed by atoms with Gasteiger partial charge in [0.15, 0.2) is 6.29 Å². The number of ether oxygens (including phenoxy) is 2. The number of methoxy groups -OCH3 is 2. The lowest BCUT2D eigenvalue weighted by atomic mass is 9.84. The molecule has 0 aromatic rings. The average molecular weight is 272 g/mol. The number of aliphatic hydroxyl groups excluding tert-OH is 1. The fraction of sp³-hybridized carbons (Fsp3) is 1.00. The van der Waals surface area contributed by atoms with Crippen molar-refractivity contribution in [2.24, 2.45) is 5.92 Å². The van der Waals surface area contributed by atoms with Crippen molar-refractivity contribution in [1.82, 2.24) is 10.4 Å². The van der Waals surface area contributed by atoms with Crippen LogP contribution in [-0.4, -0.2) is 55.9 Å². The van der Waals surface area contributed by atoms with Gasteiger partial charge in [-0.1, -0.05) is 12.8 Å². The van der Waals surface area contributed by atoms with Gasteiger partial charge < -0.3 is 14.6 Å². The van der Waals surface area contributed by atoms with Crippen molar-refractivity contribution in [3.8, 4) is 0 Å². The van der Waals surface area contributed by atoms with Crippen LogP contribution in [0.1, 0.15) is 38.5 Å². The third kappa shape index (κ3) is 3.89. The maximum atomic E-state index is 9.99. The lowest BCUT2D eigenvalue weighted by molar-refractivity contribution is -0.134. The SMILES string of the molecule is COC[C@@H]1CCCN1N[C@H]1CCCC[C@@H]1C(O)OC. The lowest BCUT2D eigenvalue weighted by Gasteiger charge is -2.38. The first-order valence-electron chi connectivity index (χ1n) is 7.49. The molecule has 1 heterocycles. The molecule has 5 heteroatoms. The van der Waals surface area contributed by atoms with E-state index in [1.165, 1.54) is 25.7 Å². The highest BCUT2D eigenvalue weighted by Crippen LogP contribution is 2.29. The van der Waals surface area contributed by atoms with E-state index in [0.29, 0.717) is 12.1 Å². The second kappa shape index (κ2) is 7.55. The first-order chi connectivity index (χ1) is 9.26. The highest BCUT2D eigenvalue weighted by molar-refractivity contribution is 4.85. The predicted molar refractivity (Wildman–Crippen MR) is 73.5 cm³/mol. The summed E-state index contributed by atoms with van der Waals surface area (Å²) in [5.41, 5.74) is 3.63. The molecule has 0 spiro atoms. The molecule has 4 atom stereocenters. The molecule has 0 radical (unpaired) electrons. The van der Waals surface area contributed by atoms with E-state index in [1.54, 1.807) is 14.2 Å². The molecule has 1 unspecified atom stereocenters. The Labute approximate surface area is 116 Å².